The Kier molecular flexibility index (Phi) is 1.64. The Hall–Kier alpha value is -0.980. The number of ether oxygens (including phenoxy) is 1. The van der Waals surface area contributed by atoms with E-state index in [1.807, 2.05) is 0 Å². The fourth-order valence-corrected chi connectivity index (χ4v) is 2.57. The topological polar surface area (TPSA) is 9.23 Å². The van der Waals surface area contributed by atoms with Gasteiger partial charge in [0.15, 0.2) is 0 Å². The standard InChI is InChI=1S/C13H16O/c1-10-3-4-12-11(9-10)5-8-13(14-12)6-2-7-13/h3-4,9H,2,5-8H2,1H3. The predicted molar refractivity (Wildman–Crippen MR) is 56.7 cm³/mol. The molecule has 1 heteroatoms. The lowest BCUT2D eigenvalue weighted by molar-refractivity contribution is -0.0249. The third-order valence-electron chi connectivity index (χ3n) is 3.66. The van der Waals surface area contributed by atoms with Gasteiger partial charge >= 0.3 is 0 Å². The van der Waals surface area contributed by atoms with Crippen LogP contribution in [0.5, 0.6) is 5.75 Å². The van der Waals surface area contributed by atoms with Gasteiger partial charge in [0.1, 0.15) is 11.4 Å². The first-order chi connectivity index (χ1) is 6.77. The van der Waals surface area contributed by atoms with Gasteiger partial charge in [-0.05, 0) is 50.7 Å². The highest BCUT2D eigenvalue weighted by atomic mass is 16.5. The maximum absolute atomic E-state index is 6.11. The molecule has 1 heterocycles. The zero-order chi connectivity index (χ0) is 9.60. The fourth-order valence-electron chi connectivity index (χ4n) is 2.57. The molecule has 1 nitrogen and oxygen atoms in total. The first-order valence-electron chi connectivity index (χ1n) is 5.56. The molecule has 0 unspecified atom stereocenters. The molecular weight excluding hydrogens is 172 g/mol. The van der Waals surface area contributed by atoms with Crippen molar-refractivity contribution in [2.45, 2.75) is 44.6 Å². The second kappa shape index (κ2) is 2.75. The Morgan fingerprint density at radius 1 is 1.21 bits per heavy atom. The average Bonchev–Trinajstić information content (AvgIpc) is 2.15. The van der Waals surface area contributed by atoms with Gasteiger partial charge < -0.3 is 4.74 Å². The van der Waals surface area contributed by atoms with Crippen LogP contribution in [0.4, 0.5) is 0 Å². The molecule has 74 valence electrons. The number of aryl methyl sites for hydroxylation is 2. The lowest BCUT2D eigenvalue weighted by Crippen LogP contribution is -2.45. The third kappa shape index (κ3) is 1.15. The Morgan fingerprint density at radius 3 is 2.79 bits per heavy atom. The first-order valence-corrected chi connectivity index (χ1v) is 5.56. The summed E-state index contributed by atoms with van der Waals surface area (Å²) in [5.74, 6) is 1.14. The molecule has 0 atom stereocenters. The van der Waals surface area contributed by atoms with Crippen LogP contribution in [-0.2, 0) is 6.42 Å². The molecule has 0 bridgehead atoms. The molecule has 1 aliphatic heterocycles. The number of benzene rings is 1. The summed E-state index contributed by atoms with van der Waals surface area (Å²) in [6.45, 7) is 2.15. The van der Waals surface area contributed by atoms with E-state index in [2.05, 4.69) is 25.1 Å². The smallest absolute Gasteiger partial charge is 0.123 e. The van der Waals surface area contributed by atoms with Gasteiger partial charge in [0.05, 0.1) is 0 Å². The number of hydrogen-bond acceptors (Lipinski definition) is 1. The zero-order valence-corrected chi connectivity index (χ0v) is 8.68. The van der Waals surface area contributed by atoms with Gasteiger partial charge in [0.2, 0.25) is 0 Å². The van der Waals surface area contributed by atoms with E-state index in [1.165, 1.54) is 43.2 Å². The minimum Gasteiger partial charge on any atom is -0.487 e. The largest absolute Gasteiger partial charge is 0.487 e. The van der Waals surface area contributed by atoms with Gasteiger partial charge in [0.25, 0.3) is 0 Å². The van der Waals surface area contributed by atoms with E-state index >= 15 is 0 Å². The van der Waals surface area contributed by atoms with Gasteiger partial charge in [-0.25, -0.2) is 0 Å². The van der Waals surface area contributed by atoms with Gasteiger partial charge in [-0.15, -0.1) is 0 Å². The second-order valence-electron chi connectivity index (χ2n) is 4.75. The van der Waals surface area contributed by atoms with Crippen molar-refractivity contribution < 1.29 is 4.74 Å². The van der Waals surface area contributed by atoms with Crippen molar-refractivity contribution >= 4 is 0 Å². The molecule has 0 saturated heterocycles. The molecule has 1 aliphatic carbocycles. The maximum Gasteiger partial charge on any atom is 0.123 e. The first kappa shape index (κ1) is 8.34. The van der Waals surface area contributed by atoms with Crippen LogP contribution in [-0.4, -0.2) is 5.60 Å². The van der Waals surface area contributed by atoms with E-state index in [1.54, 1.807) is 0 Å². The summed E-state index contributed by atoms with van der Waals surface area (Å²) < 4.78 is 6.11. The van der Waals surface area contributed by atoms with Gasteiger partial charge in [0, 0.05) is 0 Å². The quantitative estimate of drug-likeness (QED) is 0.607. The number of fused-ring (bicyclic) bond motifs is 1. The Labute approximate surface area is 85.1 Å². The summed E-state index contributed by atoms with van der Waals surface area (Å²) in [4.78, 5) is 0. The van der Waals surface area contributed by atoms with Crippen molar-refractivity contribution in [3.05, 3.63) is 29.3 Å². The van der Waals surface area contributed by atoms with Crippen LogP contribution >= 0.6 is 0 Å². The molecular formula is C13H16O. The minimum absolute atomic E-state index is 0.238. The van der Waals surface area contributed by atoms with Crippen LogP contribution in [0.2, 0.25) is 0 Å². The second-order valence-corrected chi connectivity index (χ2v) is 4.75. The van der Waals surface area contributed by atoms with Crippen molar-refractivity contribution in [2.24, 2.45) is 0 Å². The summed E-state index contributed by atoms with van der Waals surface area (Å²) in [5.41, 5.74) is 2.99. The molecule has 0 N–H and O–H groups in total. The Balaban J connectivity index is 1.94. The van der Waals surface area contributed by atoms with Crippen molar-refractivity contribution in [2.75, 3.05) is 0 Å². The fraction of sp³-hybridized carbons (Fsp3) is 0.538. The third-order valence-corrected chi connectivity index (χ3v) is 3.66. The number of hydrogen-bond donors (Lipinski definition) is 0. The van der Waals surface area contributed by atoms with Gasteiger partial charge in [-0.1, -0.05) is 17.7 Å². The van der Waals surface area contributed by atoms with Crippen LogP contribution in [0.25, 0.3) is 0 Å². The zero-order valence-electron chi connectivity index (χ0n) is 8.68. The normalized spacial score (nSPS) is 22.4. The van der Waals surface area contributed by atoms with Crippen molar-refractivity contribution in [3.63, 3.8) is 0 Å². The minimum atomic E-state index is 0.238. The lowest BCUT2D eigenvalue weighted by Gasteiger charge is -2.45. The predicted octanol–water partition coefficient (Wildman–Crippen LogP) is 3.24. The highest BCUT2D eigenvalue weighted by Crippen LogP contribution is 2.44. The number of rotatable bonds is 0. The molecule has 1 aromatic rings. The average molecular weight is 188 g/mol. The van der Waals surface area contributed by atoms with Crippen LogP contribution in [0.1, 0.15) is 36.8 Å². The van der Waals surface area contributed by atoms with E-state index < -0.39 is 0 Å². The molecule has 1 saturated carbocycles. The highest BCUT2D eigenvalue weighted by Gasteiger charge is 2.41. The maximum atomic E-state index is 6.11. The molecule has 0 amide bonds. The summed E-state index contributed by atoms with van der Waals surface area (Å²) in [6, 6.07) is 6.56. The van der Waals surface area contributed by atoms with Crippen LogP contribution in [0.15, 0.2) is 18.2 Å². The molecule has 1 aromatic carbocycles. The SMILES string of the molecule is Cc1ccc2c(c1)CCC1(CCC1)O2. The molecule has 3 rings (SSSR count). The lowest BCUT2D eigenvalue weighted by atomic mass is 9.74. The van der Waals surface area contributed by atoms with Gasteiger partial charge in [-0.2, -0.15) is 0 Å². The van der Waals surface area contributed by atoms with E-state index in [4.69, 9.17) is 4.74 Å². The van der Waals surface area contributed by atoms with Crippen LogP contribution in [0.3, 0.4) is 0 Å². The molecule has 1 spiro atoms. The summed E-state index contributed by atoms with van der Waals surface area (Å²) in [5, 5.41) is 0. The summed E-state index contributed by atoms with van der Waals surface area (Å²) >= 11 is 0. The van der Waals surface area contributed by atoms with Gasteiger partial charge in [-0.3, -0.25) is 0 Å². The van der Waals surface area contributed by atoms with Crippen molar-refractivity contribution in [1.82, 2.24) is 0 Å². The van der Waals surface area contributed by atoms with Crippen molar-refractivity contribution in [1.29, 1.82) is 0 Å². The van der Waals surface area contributed by atoms with Crippen LogP contribution < -0.4 is 4.74 Å². The molecule has 0 radical (unpaired) electrons. The van der Waals surface area contributed by atoms with Crippen LogP contribution in [0, 0.1) is 6.92 Å². The Bertz CT molecular complexity index is 363. The monoisotopic (exact) mass is 188 g/mol. The van der Waals surface area contributed by atoms with E-state index in [-0.39, 0.29) is 5.60 Å². The molecule has 1 fully saturated rings. The van der Waals surface area contributed by atoms with E-state index in [0.29, 0.717) is 0 Å². The van der Waals surface area contributed by atoms with E-state index in [9.17, 15) is 0 Å². The van der Waals surface area contributed by atoms with Crippen molar-refractivity contribution in [3.8, 4) is 5.75 Å². The highest BCUT2D eigenvalue weighted by molar-refractivity contribution is 5.39. The summed E-state index contributed by atoms with van der Waals surface area (Å²) in [6.07, 6.45) is 6.31. The summed E-state index contributed by atoms with van der Waals surface area (Å²) in [7, 11) is 0. The van der Waals surface area contributed by atoms with E-state index in [0.717, 1.165) is 5.75 Å². The Morgan fingerprint density at radius 2 is 2.07 bits per heavy atom. The molecule has 0 aromatic heterocycles. The molecule has 2 aliphatic rings. The molecule has 14 heavy (non-hydrogen) atoms.